The fraction of sp³-hybridized carbons (Fsp3) is 0.455. The third kappa shape index (κ3) is 11.4. The summed E-state index contributed by atoms with van der Waals surface area (Å²) in [6, 6.07) is 8.54. The molecule has 4 amide bonds. The predicted molar refractivity (Wildman–Crippen MR) is 170 cm³/mol. The highest BCUT2D eigenvalue weighted by Crippen LogP contribution is 2.30. The van der Waals surface area contributed by atoms with Gasteiger partial charge in [-0.25, -0.2) is 19.3 Å². The summed E-state index contributed by atoms with van der Waals surface area (Å²) in [7, 11) is 0. The highest BCUT2D eigenvalue weighted by Gasteiger charge is 2.43. The van der Waals surface area contributed by atoms with E-state index in [-0.39, 0.29) is 35.8 Å². The lowest BCUT2D eigenvalue weighted by Crippen LogP contribution is -2.56. The smallest absolute Gasteiger partial charge is 0.449 e. The van der Waals surface area contributed by atoms with E-state index in [4.69, 9.17) is 25.5 Å². The maximum atomic E-state index is 13.6. The molecule has 2 atom stereocenters. The molecular weight excluding hydrogens is 669 g/mol. The molecule has 1 saturated heterocycles. The second-order valence-corrected chi connectivity index (χ2v) is 12.8. The molecule has 1 heterocycles. The molecule has 1 aliphatic heterocycles. The van der Waals surface area contributed by atoms with Crippen molar-refractivity contribution in [3.8, 4) is 5.75 Å². The van der Waals surface area contributed by atoms with Crippen molar-refractivity contribution in [2.75, 3.05) is 23.4 Å². The normalized spacial score (nSPS) is 15.7. The number of anilines is 2. The molecule has 3 rings (SSSR count). The van der Waals surface area contributed by atoms with Crippen LogP contribution in [0, 0.1) is 6.57 Å². The monoisotopic (exact) mass is 706 g/mol. The number of hydrogen-bond acceptors (Lipinski definition) is 10. The highest BCUT2D eigenvalue weighted by molar-refractivity contribution is 6.04. The van der Waals surface area contributed by atoms with Crippen LogP contribution in [0.5, 0.6) is 5.75 Å². The van der Waals surface area contributed by atoms with E-state index in [1.807, 2.05) is 0 Å². The van der Waals surface area contributed by atoms with Crippen molar-refractivity contribution >= 4 is 47.0 Å². The zero-order valence-corrected chi connectivity index (χ0v) is 28.4. The first-order valence-corrected chi connectivity index (χ1v) is 15.1. The van der Waals surface area contributed by atoms with E-state index in [2.05, 4.69) is 14.9 Å². The predicted octanol–water partition coefficient (Wildman–Crippen LogP) is 6.11. The number of benzene rings is 2. The maximum absolute atomic E-state index is 13.6. The molecule has 14 nitrogen and oxygen atoms in total. The number of imide groups is 1. The molecule has 17 heteroatoms. The van der Waals surface area contributed by atoms with Gasteiger partial charge in [0, 0.05) is 30.9 Å². The van der Waals surface area contributed by atoms with E-state index >= 15 is 0 Å². The van der Waals surface area contributed by atoms with Gasteiger partial charge in [0.05, 0.1) is 19.7 Å². The van der Waals surface area contributed by atoms with Gasteiger partial charge in [-0.05, 0) is 71.4 Å². The average Bonchev–Trinajstić information content (AvgIpc) is 2.96. The summed E-state index contributed by atoms with van der Waals surface area (Å²) in [4.78, 5) is 70.4. The highest BCUT2D eigenvalue weighted by atomic mass is 19.4. The first-order valence-electron chi connectivity index (χ1n) is 15.1. The molecule has 2 aromatic carbocycles. The lowest BCUT2D eigenvalue weighted by atomic mass is 10.1. The number of carbonyl (C=O) groups excluding carboxylic acids is 5. The number of hydrogen-bond donors (Lipinski definition) is 1. The summed E-state index contributed by atoms with van der Waals surface area (Å²) in [5, 5.41) is 2.49. The number of nitrogens with one attached hydrogen (secondary N) is 1. The van der Waals surface area contributed by atoms with Crippen LogP contribution in [-0.2, 0) is 39.9 Å². The molecule has 0 aromatic heterocycles. The van der Waals surface area contributed by atoms with Gasteiger partial charge < -0.3 is 33.9 Å². The van der Waals surface area contributed by atoms with E-state index in [1.54, 1.807) is 41.5 Å². The van der Waals surface area contributed by atoms with Gasteiger partial charge in [0.2, 0.25) is 6.10 Å². The summed E-state index contributed by atoms with van der Waals surface area (Å²) in [5.41, 5.74) is -1.86. The van der Waals surface area contributed by atoms with Gasteiger partial charge in [0.15, 0.2) is 11.8 Å². The second kappa shape index (κ2) is 15.5. The minimum absolute atomic E-state index is 0.00550. The second-order valence-electron chi connectivity index (χ2n) is 12.8. The third-order valence-electron chi connectivity index (χ3n) is 6.33. The van der Waals surface area contributed by atoms with Crippen LogP contribution >= 0.6 is 0 Å². The molecule has 1 aliphatic rings. The number of morpholine rings is 1. The average molecular weight is 707 g/mol. The molecule has 0 unspecified atom stereocenters. The van der Waals surface area contributed by atoms with Crippen molar-refractivity contribution in [3.63, 3.8) is 0 Å². The van der Waals surface area contributed by atoms with Gasteiger partial charge in [0.1, 0.15) is 17.0 Å². The van der Waals surface area contributed by atoms with Crippen LogP contribution in [0.15, 0.2) is 42.5 Å². The van der Waals surface area contributed by atoms with Gasteiger partial charge >= 0.3 is 24.5 Å². The Morgan fingerprint density at radius 2 is 1.64 bits per heavy atom. The molecule has 1 fully saturated rings. The number of carbonyl (C=O) groups is 5. The van der Waals surface area contributed by atoms with Crippen LogP contribution in [0.4, 0.5) is 39.8 Å². The summed E-state index contributed by atoms with van der Waals surface area (Å²) < 4.78 is 63.8. The van der Waals surface area contributed by atoms with Crippen molar-refractivity contribution in [2.45, 2.75) is 84.8 Å². The summed E-state index contributed by atoms with van der Waals surface area (Å²) >= 11 is 0. The van der Waals surface area contributed by atoms with E-state index < -0.39 is 72.0 Å². The van der Waals surface area contributed by atoms with Gasteiger partial charge in [-0.2, -0.15) is 0 Å². The van der Waals surface area contributed by atoms with Gasteiger partial charge in [-0.15, -0.1) is 13.2 Å². The molecule has 1 N–H and O–H groups in total. The zero-order chi connectivity index (χ0) is 37.6. The number of amides is 4. The van der Waals surface area contributed by atoms with Crippen LogP contribution in [0.25, 0.3) is 4.85 Å². The quantitative estimate of drug-likeness (QED) is 0.193. The number of nitrogens with zero attached hydrogens (tertiary/aromatic N) is 3. The van der Waals surface area contributed by atoms with E-state index in [9.17, 15) is 37.1 Å². The van der Waals surface area contributed by atoms with E-state index in [0.29, 0.717) is 4.90 Å². The first kappa shape index (κ1) is 39.1. The number of alkyl halides is 3. The molecule has 50 heavy (non-hydrogen) atoms. The molecule has 270 valence electrons. The Morgan fingerprint density at radius 1 is 1.02 bits per heavy atom. The molecule has 2 aromatic rings. The van der Waals surface area contributed by atoms with Crippen molar-refractivity contribution < 1.29 is 60.8 Å². The largest absolute Gasteiger partial charge is 0.573 e. The van der Waals surface area contributed by atoms with E-state index in [1.165, 1.54) is 30.3 Å². The number of rotatable bonds is 8. The summed E-state index contributed by atoms with van der Waals surface area (Å²) in [5.74, 6) is -3.47. The van der Waals surface area contributed by atoms with Crippen molar-refractivity contribution in [1.29, 1.82) is 0 Å². The van der Waals surface area contributed by atoms with Crippen molar-refractivity contribution in [1.82, 2.24) is 4.90 Å². The van der Waals surface area contributed by atoms with Crippen LogP contribution in [0.3, 0.4) is 0 Å². The van der Waals surface area contributed by atoms with Crippen LogP contribution in [0.1, 0.15) is 54.0 Å². The maximum Gasteiger partial charge on any atom is 0.573 e. The first-order chi connectivity index (χ1) is 23.1. The number of ether oxygens (including phenoxy) is 5. The minimum Gasteiger partial charge on any atom is -0.449 e. The summed E-state index contributed by atoms with van der Waals surface area (Å²) in [6.07, 6.45) is -10.7. The molecule has 0 aliphatic carbocycles. The van der Waals surface area contributed by atoms with Crippen molar-refractivity contribution in [2.24, 2.45) is 0 Å². The number of esters is 1. The molecular formula is C33H37F3N4O10. The Morgan fingerprint density at radius 3 is 2.18 bits per heavy atom. The molecule has 0 spiro atoms. The Hall–Kier alpha value is -5.37. The number of halogens is 3. The minimum atomic E-state index is -4.98. The SMILES string of the molecule is [C-]#[N+]c1ccc(NC(=O)[C@H](OC(C)=O)[C@H]2OCCN(c3cccc(OC(F)(F)F)c3)C2=O)cc1CN(C(=O)OC(C)(C)C)C(=O)OC(C)(C)C. The van der Waals surface area contributed by atoms with Crippen LogP contribution < -0.4 is 15.0 Å². The fourth-order valence-electron chi connectivity index (χ4n) is 4.48. The Bertz CT molecular complexity index is 1630. The van der Waals surface area contributed by atoms with E-state index in [0.717, 1.165) is 24.0 Å². The van der Waals surface area contributed by atoms with Gasteiger partial charge in [0.25, 0.3) is 11.8 Å². The standard InChI is InChI=1S/C33H37F3N4O10/c1-19(41)47-25(26-28(43)39(14-15-46-26)22-10-9-11-23(17-22)48-33(34,35)36)27(42)38-21-12-13-24(37-8)20(16-21)18-40(29(44)49-31(2,3)4)30(45)50-32(5,6)7/h9-13,16-17,25-26H,14-15,18H2,1-7H3,(H,38,42)/t25-,26-/m1/s1. The molecule has 0 radical (unpaired) electrons. The molecule has 0 bridgehead atoms. The van der Waals surface area contributed by atoms with Crippen molar-refractivity contribution in [3.05, 3.63) is 59.4 Å². The van der Waals surface area contributed by atoms with Crippen LogP contribution in [0.2, 0.25) is 0 Å². The lowest BCUT2D eigenvalue weighted by molar-refractivity contribution is -0.274. The van der Waals surface area contributed by atoms with Crippen LogP contribution in [-0.4, -0.2) is 77.8 Å². The van der Waals surface area contributed by atoms with Gasteiger partial charge in [-0.3, -0.25) is 14.4 Å². The Balaban J connectivity index is 1.91. The topological polar surface area (TPSA) is 154 Å². The lowest BCUT2D eigenvalue weighted by Gasteiger charge is -2.35. The zero-order valence-electron chi connectivity index (χ0n) is 28.4. The Kier molecular flexibility index (Phi) is 12.1. The Labute approximate surface area is 286 Å². The third-order valence-corrected chi connectivity index (χ3v) is 6.33. The van der Waals surface area contributed by atoms with Gasteiger partial charge in [-0.1, -0.05) is 12.1 Å². The fourth-order valence-corrected chi connectivity index (χ4v) is 4.48. The summed E-state index contributed by atoms with van der Waals surface area (Å²) in [6.45, 7) is 17.4. The molecule has 0 saturated carbocycles.